The van der Waals surface area contributed by atoms with Gasteiger partial charge in [-0.1, -0.05) is 39.0 Å². The lowest BCUT2D eigenvalue weighted by atomic mass is 9.95. The van der Waals surface area contributed by atoms with Gasteiger partial charge in [0.2, 0.25) is 0 Å². The minimum atomic E-state index is 0.155. The molecule has 0 aromatic rings. The highest BCUT2D eigenvalue weighted by atomic mass is 32.1. The summed E-state index contributed by atoms with van der Waals surface area (Å²) in [5.74, 6) is 0. The fourth-order valence-corrected chi connectivity index (χ4v) is 0.670. The molecule has 0 aromatic carbocycles. The van der Waals surface area contributed by atoms with Gasteiger partial charge in [0.05, 0.1) is 0 Å². The normalized spacial score (nSPS) is 13.5. The van der Waals surface area contributed by atoms with Gasteiger partial charge in [0.15, 0.2) is 0 Å². The Morgan fingerprint density at radius 2 is 1.80 bits per heavy atom. The van der Waals surface area contributed by atoms with Gasteiger partial charge in [-0.05, 0) is 17.2 Å². The Hall–Kier alpha value is -0.170. The van der Waals surface area contributed by atoms with E-state index < -0.39 is 0 Å². The first-order valence-electron chi connectivity index (χ1n) is 3.40. The lowest BCUT2D eigenvalue weighted by molar-refractivity contribution is 0.534. The maximum Gasteiger partial charge on any atom is -0.00745 e. The Morgan fingerprint density at radius 3 is 1.90 bits per heavy atom. The molecule has 0 saturated carbocycles. The maximum absolute atomic E-state index is 4.35. The first-order valence-corrected chi connectivity index (χ1v) is 3.85. The van der Waals surface area contributed by atoms with Crippen LogP contribution in [0.15, 0.2) is 23.1 Å². The van der Waals surface area contributed by atoms with Crippen molar-refractivity contribution < 1.29 is 0 Å². The van der Waals surface area contributed by atoms with Gasteiger partial charge < -0.3 is 0 Å². The van der Waals surface area contributed by atoms with Gasteiger partial charge in [-0.25, -0.2) is 0 Å². The molecule has 0 amide bonds. The molecule has 0 heterocycles. The van der Waals surface area contributed by atoms with E-state index in [-0.39, 0.29) is 5.41 Å². The van der Waals surface area contributed by atoms with Crippen LogP contribution >= 0.6 is 12.6 Å². The minimum Gasteiger partial charge on any atom is -0.147 e. The van der Waals surface area contributed by atoms with Crippen LogP contribution in [0.25, 0.3) is 0 Å². The van der Waals surface area contributed by atoms with Crippen molar-refractivity contribution >= 4 is 12.6 Å². The van der Waals surface area contributed by atoms with Crippen molar-refractivity contribution in [3.8, 4) is 0 Å². The Kier molecular flexibility index (Phi) is 3.23. The summed E-state index contributed by atoms with van der Waals surface area (Å²) in [5, 5.41) is 0. The molecule has 0 rings (SSSR count). The van der Waals surface area contributed by atoms with E-state index in [4.69, 9.17) is 0 Å². The highest BCUT2D eigenvalue weighted by molar-refractivity contribution is 7.84. The molecule has 0 aliphatic heterocycles. The van der Waals surface area contributed by atoms with Crippen molar-refractivity contribution in [1.29, 1.82) is 0 Å². The van der Waals surface area contributed by atoms with Crippen molar-refractivity contribution in [2.45, 2.75) is 27.7 Å². The van der Waals surface area contributed by atoms with E-state index in [2.05, 4.69) is 40.0 Å². The third-order valence-corrected chi connectivity index (χ3v) is 1.95. The second kappa shape index (κ2) is 3.29. The van der Waals surface area contributed by atoms with Gasteiger partial charge in [0.25, 0.3) is 0 Å². The van der Waals surface area contributed by atoms with Crippen LogP contribution in [0.1, 0.15) is 27.7 Å². The van der Waals surface area contributed by atoms with E-state index in [0.29, 0.717) is 0 Å². The molecule has 0 spiro atoms. The highest BCUT2D eigenvalue weighted by Crippen LogP contribution is 2.28. The molecule has 0 aromatic heterocycles. The van der Waals surface area contributed by atoms with E-state index in [1.54, 1.807) is 0 Å². The van der Waals surface area contributed by atoms with Gasteiger partial charge in [0.1, 0.15) is 0 Å². The molecule has 0 radical (unpaired) electrons. The molecule has 1 heteroatoms. The van der Waals surface area contributed by atoms with E-state index in [1.807, 2.05) is 13.0 Å². The molecule has 0 atom stereocenters. The molecule has 0 N–H and O–H groups in total. The predicted molar refractivity (Wildman–Crippen MR) is 51.3 cm³/mol. The molecule has 0 bridgehead atoms. The van der Waals surface area contributed by atoms with Gasteiger partial charge in [-0.3, -0.25) is 0 Å². The number of hydrogen-bond acceptors (Lipinski definition) is 1. The lowest BCUT2D eigenvalue weighted by Gasteiger charge is -2.18. The first kappa shape index (κ1) is 9.83. The average Bonchev–Trinajstić information content (AvgIpc) is 1.60. The summed E-state index contributed by atoms with van der Waals surface area (Å²) in [6.07, 6.45) is 2.00. The Morgan fingerprint density at radius 1 is 1.40 bits per heavy atom. The fourth-order valence-electron chi connectivity index (χ4n) is 0.450. The monoisotopic (exact) mass is 156 g/mol. The molecule has 0 nitrogen and oxygen atoms in total. The Labute approximate surface area is 69.4 Å². The van der Waals surface area contributed by atoms with E-state index in [9.17, 15) is 0 Å². The number of allylic oxidation sites excluding steroid dienone is 3. The predicted octanol–water partition coefficient (Wildman–Crippen LogP) is 3.42. The van der Waals surface area contributed by atoms with E-state index >= 15 is 0 Å². The zero-order valence-corrected chi connectivity index (χ0v) is 8.13. The topological polar surface area (TPSA) is 0 Å². The van der Waals surface area contributed by atoms with Crippen molar-refractivity contribution in [3.05, 3.63) is 23.1 Å². The third kappa shape index (κ3) is 3.78. The van der Waals surface area contributed by atoms with Gasteiger partial charge in [-0.2, -0.15) is 0 Å². The van der Waals surface area contributed by atoms with Crippen LogP contribution in [0.4, 0.5) is 0 Å². The van der Waals surface area contributed by atoms with Crippen LogP contribution in [0.2, 0.25) is 0 Å². The van der Waals surface area contributed by atoms with Crippen molar-refractivity contribution in [2.24, 2.45) is 5.41 Å². The molecule has 0 saturated heterocycles. The first-order chi connectivity index (χ1) is 4.34. The molecule has 0 aliphatic rings. The molecule has 10 heavy (non-hydrogen) atoms. The summed E-state index contributed by atoms with van der Waals surface area (Å²) in [6.45, 7) is 12.2. The van der Waals surface area contributed by atoms with E-state index in [0.717, 1.165) is 10.5 Å². The standard InChI is InChI=1S/C9H16S/c1-7(2)6-8(10)9(3,4)5/h6,10H,1H2,2-5H3/b8-6-. The van der Waals surface area contributed by atoms with Gasteiger partial charge >= 0.3 is 0 Å². The van der Waals surface area contributed by atoms with Gasteiger partial charge in [-0.15, -0.1) is 12.6 Å². The minimum absolute atomic E-state index is 0.155. The van der Waals surface area contributed by atoms with Crippen LogP contribution < -0.4 is 0 Å². The lowest BCUT2D eigenvalue weighted by Crippen LogP contribution is -2.04. The third-order valence-electron chi connectivity index (χ3n) is 1.15. The Balaban J connectivity index is 4.35. The second-order valence-corrected chi connectivity index (χ2v) is 4.11. The van der Waals surface area contributed by atoms with Crippen LogP contribution in [0.5, 0.6) is 0 Å². The second-order valence-electron chi connectivity index (χ2n) is 3.63. The zero-order chi connectivity index (χ0) is 8.36. The summed E-state index contributed by atoms with van der Waals surface area (Å²) < 4.78 is 0. The smallest absolute Gasteiger partial charge is 0.00745 e. The molecule has 0 aliphatic carbocycles. The summed E-state index contributed by atoms with van der Waals surface area (Å²) >= 11 is 4.35. The molecule has 58 valence electrons. The summed E-state index contributed by atoms with van der Waals surface area (Å²) in [5.41, 5.74) is 1.21. The largest absolute Gasteiger partial charge is 0.147 e. The van der Waals surface area contributed by atoms with Crippen LogP contribution in [-0.4, -0.2) is 0 Å². The molecule has 0 unspecified atom stereocenters. The summed E-state index contributed by atoms with van der Waals surface area (Å²) in [7, 11) is 0. The maximum atomic E-state index is 4.35. The molecule has 0 fully saturated rings. The summed E-state index contributed by atoms with van der Waals surface area (Å²) in [6, 6.07) is 0. The van der Waals surface area contributed by atoms with Crippen LogP contribution in [0.3, 0.4) is 0 Å². The number of hydrogen-bond donors (Lipinski definition) is 1. The van der Waals surface area contributed by atoms with Crippen LogP contribution in [0, 0.1) is 5.41 Å². The number of rotatable bonds is 1. The summed E-state index contributed by atoms with van der Waals surface area (Å²) in [4.78, 5) is 1.08. The molecular formula is C9H16S. The van der Waals surface area contributed by atoms with E-state index in [1.165, 1.54) is 0 Å². The molecular weight excluding hydrogens is 140 g/mol. The van der Waals surface area contributed by atoms with Crippen molar-refractivity contribution in [3.63, 3.8) is 0 Å². The van der Waals surface area contributed by atoms with Crippen molar-refractivity contribution in [1.82, 2.24) is 0 Å². The van der Waals surface area contributed by atoms with Crippen LogP contribution in [-0.2, 0) is 0 Å². The fraction of sp³-hybridized carbons (Fsp3) is 0.556. The van der Waals surface area contributed by atoms with Gasteiger partial charge in [0, 0.05) is 0 Å². The Bertz CT molecular complexity index is 158. The van der Waals surface area contributed by atoms with Crippen molar-refractivity contribution in [2.75, 3.05) is 0 Å². The zero-order valence-electron chi connectivity index (χ0n) is 7.23. The average molecular weight is 156 g/mol. The SMILES string of the molecule is C=C(C)/C=C(\S)C(C)(C)C. The quantitative estimate of drug-likeness (QED) is 0.436. The highest BCUT2D eigenvalue weighted by Gasteiger charge is 2.12. The number of thiol groups is 1.